The molecule has 0 saturated carbocycles. The van der Waals surface area contributed by atoms with Crippen molar-refractivity contribution < 1.29 is 8.42 Å². The number of aryl methyl sites for hydroxylation is 1. The predicted octanol–water partition coefficient (Wildman–Crippen LogP) is 2.72. The van der Waals surface area contributed by atoms with Crippen molar-refractivity contribution in [2.75, 3.05) is 16.6 Å². The second-order valence-corrected chi connectivity index (χ2v) is 7.19. The van der Waals surface area contributed by atoms with Crippen molar-refractivity contribution in [2.45, 2.75) is 24.7 Å². The van der Waals surface area contributed by atoms with Gasteiger partial charge in [-0.15, -0.1) is 0 Å². The Bertz CT molecular complexity index is 785. The highest BCUT2D eigenvalue weighted by Gasteiger charge is 2.29. The SMILES string of the molecule is Cc1cccc2c1CCCN2S(=O)(=O)c1cccc(N)c1. The van der Waals surface area contributed by atoms with Crippen molar-refractivity contribution in [3.63, 3.8) is 0 Å². The molecule has 21 heavy (non-hydrogen) atoms. The van der Waals surface area contributed by atoms with E-state index in [1.165, 1.54) is 10.4 Å². The Balaban J connectivity index is 2.12. The first-order valence-corrected chi connectivity index (χ1v) is 8.41. The molecule has 1 aliphatic rings. The molecule has 2 aromatic carbocycles. The molecule has 5 heteroatoms. The highest BCUT2D eigenvalue weighted by molar-refractivity contribution is 7.92. The minimum Gasteiger partial charge on any atom is -0.399 e. The van der Waals surface area contributed by atoms with Crippen LogP contribution in [0.2, 0.25) is 0 Å². The molecule has 0 aliphatic carbocycles. The number of hydrogen-bond acceptors (Lipinski definition) is 3. The molecular formula is C16H18N2O2S. The van der Waals surface area contributed by atoms with Crippen LogP contribution in [-0.2, 0) is 16.4 Å². The molecule has 0 unspecified atom stereocenters. The monoisotopic (exact) mass is 302 g/mol. The van der Waals surface area contributed by atoms with Crippen LogP contribution in [0.4, 0.5) is 11.4 Å². The molecule has 1 heterocycles. The maximum atomic E-state index is 12.9. The molecule has 0 atom stereocenters. The Labute approximate surface area is 125 Å². The number of nitrogens with two attached hydrogens (primary N) is 1. The van der Waals surface area contributed by atoms with Gasteiger partial charge in [0, 0.05) is 12.2 Å². The normalized spacial score (nSPS) is 14.8. The summed E-state index contributed by atoms with van der Waals surface area (Å²) in [5.41, 5.74) is 9.23. The van der Waals surface area contributed by atoms with Crippen LogP contribution in [0.5, 0.6) is 0 Å². The lowest BCUT2D eigenvalue weighted by Crippen LogP contribution is -2.35. The molecule has 2 N–H and O–H groups in total. The van der Waals surface area contributed by atoms with Gasteiger partial charge in [0.25, 0.3) is 10.0 Å². The third-order valence-corrected chi connectivity index (χ3v) is 5.70. The lowest BCUT2D eigenvalue weighted by molar-refractivity contribution is 0.586. The van der Waals surface area contributed by atoms with Crippen molar-refractivity contribution in [1.82, 2.24) is 0 Å². The van der Waals surface area contributed by atoms with Crippen LogP contribution in [0.15, 0.2) is 47.4 Å². The Kier molecular flexibility index (Phi) is 3.37. The predicted molar refractivity (Wildman–Crippen MR) is 84.9 cm³/mol. The number of nitrogen functional groups attached to an aromatic ring is 1. The van der Waals surface area contributed by atoms with Crippen molar-refractivity contribution in [3.8, 4) is 0 Å². The van der Waals surface area contributed by atoms with Gasteiger partial charge < -0.3 is 5.73 Å². The molecule has 2 aromatic rings. The summed E-state index contributed by atoms with van der Waals surface area (Å²) in [6, 6.07) is 12.3. The van der Waals surface area contributed by atoms with E-state index in [9.17, 15) is 8.42 Å². The number of nitrogens with zero attached hydrogens (tertiary/aromatic N) is 1. The number of anilines is 2. The lowest BCUT2D eigenvalue weighted by atomic mass is 9.99. The lowest BCUT2D eigenvalue weighted by Gasteiger charge is -2.31. The zero-order valence-corrected chi connectivity index (χ0v) is 12.7. The van der Waals surface area contributed by atoms with E-state index in [0.717, 1.165) is 29.7 Å². The minimum atomic E-state index is -3.56. The molecule has 4 nitrogen and oxygen atoms in total. The summed E-state index contributed by atoms with van der Waals surface area (Å²) in [6.07, 6.45) is 1.75. The molecular weight excluding hydrogens is 284 g/mol. The van der Waals surface area contributed by atoms with Crippen molar-refractivity contribution in [2.24, 2.45) is 0 Å². The summed E-state index contributed by atoms with van der Waals surface area (Å²) in [7, 11) is -3.56. The number of hydrogen-bond donors (Lipinski definition) is 1. The second kappa shape index (κ2) is 5.07. The van der Waals surface area contributed by atoms with Crippen LogP contribution < -0.4 is 10.0 Å². The van der Waals surface area contributed by atoms with Crippen LogP contribution in [0.25, 0.3) is 0 Å². The minimum absolute atomic E-state index is 0.247. The van der Waals surface area contributed by atoms with Gasteiger partial charge in [-0.3, -0.25) is 4.31 Å². The van der Waals surface area contributed by atoms with Gasteiger partial charge in [0.1, 0.15) is 0 Å². The third kappa shape index (κ3) is 2.38. The number of fused-ring (bicyclic) bond motifs is 1. The fourth-order valence-electron chi connectivity index (χ4n) is 2.82. The van der Waals surface area contributed by atoms with E-state index >= 15 is 0 Å². The Morgan fingerprint density at radius 3 is 2.67 bits per heavy atom. The fourth-order valence-corrected chi connectivity index (χ4v) is 4.41. The van der Waals surface area contributed by atoms with Gasteiger partial charge in [-0.25, -0.2) is 8.42 Å². The third-order valence-electron chi connectivity index (χ3n) is 3.89. The molecule has 0 amide bonds. The van der Waals surface area contributed by atoms with Gasteiger partial charge >= 0.3 is 0 Å². The maximum Gasteiger partial charge on any atom is 0.264 e. The summed E-state index contributed by atoms with van der Waals surface area (Å²) < 4.78 is 27.3. The first kappa shape index (κ1) is 13.9. The quantitative estimate of drug-likeness (QED) is 0.868. The molecule has 0 spiro atoms. The number of benzene rings is 2. The first-order chi connectivity index (χ1) is 10.00. The smallest absolute Gasteiger partial charge is 0.264 e. The van der Waals surface area contributed by atoms with E-state index in [4.69, 9.17) is 5.73 Å². The topological polar surface area (TPSA) is 63.4 Å². The number of sulfonamides is 1. The van der Waals surface area contributed by atoms with E-state index in [1.54, 1.807) is 18.2 Å². The number of rotatable bonds is 2. The average Bonchev–Trinajstić information content (AvgIpc) is 2.47. The van der Waals surface area contributed by atoms with Gasteiger partial charge in [-0.05, 0) is 55.2 Å². The zero-order chi connectivity index (χ0) is 15.0. The van der Waals surface area contributed by atoms with Crippen LogP contribution in [0.3, 0.4) is 0 Å². The summed E-state index contributed by atoms with van der Waals surface area (Å²) in [5.74, 6) is 0. The molecule has 0 radical (unpaired) electrons. The summed E-state index contributed by atoms with van der Waals surface area (Å²) in [6.45, 7) is 2.53. The molecule has 110 valence electrons. The molecule has 0 saturated heterocycles. The summed E-state index contributed by atoms with van der Waals surface area (Å²) >= 11 is 0. The summed E-state index contributed by atoms with van der Waals surface area (Å²) in [5, 5.41) is 0. The maximum absolute atomic E-state index is 12.9. The van der Waals surface area contributed by atoms with E-state index < -0.39 is 10.0 Å². The van der Waals surface area contributed by atoms with Crippen molar-refractivity contribution >= 4 is 21.4 Å². The van der Waals surface area contributed by atoms with Gasteiger partial charge in [0.05, 0.1) is 10.6 Å². The van der Waals surface area contributed by atoms with E-state index in [-0.39, 0.29) is 4.90 Å². The Morgan fingerprint density at radius 2 is 1.90 bits per heavy atom. The Morgan fingerprint density at radius 1 is 1.14 bits per heavy atom. The van der Waals surface area contributed by atoms with E-state index in [0.29, 0.717) is 12.2 Å². The van der Waals surface area contributed by atoms with E-state index in [2.05, 4.69) is 0 Å². The molecule has 0 fully saturated rings. The van der Waals surface area contributed by atoms with Gasteiger partial charge in [0.15, 0.2) is 0 Å². The van der Waals surface area contributed by atoms with Crippen molar-refractivity contribution in [1.29, 1.82) is 0 Å². The molecule has 3 rings (SSSR count). The fraction of sp³-hybridized carbons (Fsp3) is 0.250. The highest BCUT2D eigenvalue weighted by Crippen LogP contribution is 2.33. The highest BCUT2D eigenvalue weighted by atomic mass is 32.2. The van der Waals surface area contributed by atoms with E-state index in [1.807, 2.05) is 25.1 Å². The second-order valence-electron chi connectivity index (χ2n) is 5.33. The molecule has 0 aromatic heterocycles. The van der Waals surface area contributed by atoms with Crippen LogP contribution >= 0.6 is 0 Å². The van der Waals surface area contributed by atoms with Crippen LogP contribution in [0, 0.1) is 6.92 Å². The van der Waals surface area contributed by atoms with Gasteiger partial charge in [-0.1, -0.05) is 18.2 Å². The standard InChI is InChI=1S/C16H18N2O2S/c1-12-5-2-9-16-15(12)8-4-10-18(16)21(19,20)14-7-3-6-13(17)11-14/h2-3,5-7,9,11H,4,8,10,17H2,1H3. The molecule has 1 aliphatic heterocycles. The zero-order valence-electron chi connectivity index (χ0n) is 11.9. The first-order valence-electron chi connectivity index (χ1n) is 6.97. The summed E-state index contributed by atoms with van der Waals surface area (Å²) in [4.78, 5) is 0.247. The average molecular weight is 302 g/mol. The van der Waals surface area contributed by atoms with Crippen molar-refractivity contribution in [3.05, 3.63) is 53.6 Å². The Hall–Kier alpha value is -2.01. The molecule has 0 bridgehead atoms. The largest absolute Gasteiger partial charge is 0.399 e. The van der Waals surface area contributed by atoms with Gasteiger partial charge in [-0.2, -0.15) is 0 Å². The van der Waals surface area contributed by atoms with Gasteiger partial charge in [0.2, 0.25) is 0 Å². The van der Waals surface area contributed by atoms with Crippen LogP contribution in [-0.4, -0.2) is 15.0 Å². The van der Waals surface area contributed by atoms with Crippen LogP contribution in [0.1, 0.15) is 17.5 Å².